The van der Waals surface area contributed by atoms with Crippen LogP contribution >= 0.6 is 0 Å². The summed E-state index contributed by atoms with van der Waals surface area (Å²) < 4.78 is 42.0. The standard InChI is InChI=1S/C17H22F2N2O4/c1-12-9-21(10-13-5-3-2-4-6-13)11-14(25-12)15(22)20-17(16(18)19)23-7-8-24-17/h2-6,12,14,16H,7-11H2,1H3,(H,20,22)/t12-,14-/m1/s1. The Morgan fingerprint density at radius 3 is 2.60 bits per heavy atom. The molecular formula is C17H22F2N2O4. The normalized spacial score (nSPS) is 26.7. The maximum absolute atomic E-state index is 13.2. The number of nitrogens with zero attached hydrogens (tertiary/aromatic N) is 1. The SMILES string of the molecule is C[C@@H]1CN(Cc2ccccc2)C[C@H](C(=O)NC2(C(F)F)OCCO2)O1. The third kappa shape index (κ3) is 4.33. The highest BCUT2D eigenvalue weighted by Crippen LogP contribution is 2.25. The Kier molecular flexibility index (Phi) is 5.63. The molecule has 2 heterocycles. The van der Waals surface area contributed by atoms with Crippen molar-refractivity contribution in [3.05, 3.63) is 35.9 Å². The number of nitrogens with one attached hydrogen (secondary N) is 1. The molecule has 0 bridgehead atoms. The molecule has 0 spiro atoms. The third-order valence-electron chi connectivity index (χ3n) is 4.18. The van der Waals surface area contributed by atoms with Crippen LogP contribution in [0.3, 0.4) is 0 Å². The van der Waals surface area contributed by atoms with Gasteiger partial charge in [-0.05, 0) is 12.5 Å². The van der Waals surface area contributed by atoms with Crippen molar-refractivity contribution < 1.29 is 27.8 Å². The molecule has 0 radical (unpaired) electrons. The lowest BCUT2D eigenvalue weighted by atomic mass is 10.1. The van der Waals surface area contributed by atoms with Crippen molar-refractivity contribution in [2.45, 2.75) is 38.0 Å². The van der Waals surface area contributed by atoms with E-state index in [1.807, 2.05) is 37.3 Å². The maximum Gasteiger partial charge on any atom is 0.315 e. The van der Waals surface area contributed by atoms with E-state index >= 15 is 0 Å². The fourth-order valence-electron chi connectivity index (χ4n) is 3.09. The molecule has 1 aromatic rings. The van der Waals surface area contributed by atoms with Crippen molar-refractivity contribution in [3.63, 3.8) is 0 Å². The van der Waals surface area contributed by atoms with Crippen LogP contribution in [0.4, 0.5) is 8.78 Å². The van der Waals surface area contributed by atoms with Gasteiger partial charge in [0.15, 0.2) is 0 Å². The Morgan fingerprint density at radius 1 is 1.28 bits per heavy atom. The van der Waals surface area contributed by atoms with Crippen LogP contribution in [0.1, 0.15) is 12.5 Å². The van der Waals surface area contributed by atoms with E-state index < -0.39 is 24.3 Å². The van der Waals surface area contributed by atoms with Gasteiger partial charge in [-0.15, -0.1) is 0 Å². The Morgan fingerprint density at radius 2 is 1.96 bits per heavy atom. The van der Waals surface area contributed by atoms with Crippen LogP contribution in [0.2, 0.25) is 0 Å². The minimum atomic E-state index is -2.99. The van der Waals surface area contributed by atoms with Gasteiger partial charge in [0.05, 0.1) is 19.3 Å². The number of carbonyl (C=O) groups is 1. The zero-order valence-electron chi connectivity index (χ0n) is 14.0. The maximum atomic E-state index is 13.2. The number of hydrogen-bond donors (Lipinski definition) is 1. The van der Waals surface area contributed by atoms with Gasteiger partial charge in [0, 0.05) is 19.6 Å². The van der Waals surface area contributed by atoms with E-state index in [1.54, 1.807) is 0 Å². The summed E-state index contributed by atoms with van der Waals surface area (Å²) in [7, 11) is 0. The second-order valence-corrected chi connectivity index (χ2v) is 6.27. The molecule has 2 aliphatic rings. The average Bonchev–Trinajstić information content (AvgIpc) is 3.05. The number of rotatable bonds is 5. The molecule has 8 heteroatoms. The largest absolute Gasteiger partial charge is 0.363 e. The minimum Gasteiger partial charge on any atom is -0.363 e. The summed E-state index contributed by atoms with van der Waals surface area (Å²) >= 11 is 0. The van der Waals surface area contributed by atoms with Crippen molar-refractivity contribution in [2.24, 2.45) is 0 Å². The van der Waals surface area contributed by atoms with Crippen LogP contribution in [-0.2, 0) is 25.5 Å². The quantitative estimate of drug-likeness (QED) is 0.863. The van der Waals surface area contributed by atoms with Crippen LogP contribution in [0.25, 0.3) is 0 Å². The van der Waals surface area contributed by atoms with E-state index in [9.17, 15) is 13.6 Å². The number of ether oxygens (including phenoxy) is 3. The van der Waals surface area contributed by atoms with Gasteiger partial charge < -0.3 is 14.2 Å². The van der Waals surface area contributed by atoms with E-state index in [4.69, 9.17) is 14.2 Å². The molecule has 3 rings (SSSR count). The van der Waals surface area contributed by atoms with Crippen LogP contribution in [0, 0.1) is 0 Å². The monoisotopic (exact) mass is 356 g/mol. The van der Waals surface area contributed by atoms with E-state index in [0.717, 1.165) is 5.56 Å². The zero-order valence-corrected chi connectivity index (χ0v) is 14.0. The molecule has 2 aliphatic heterocycles. The van der Waals surface area contributed by atoms with Gasteiger partial charge in [-0.1, -0.05) is 30.3 Å². The highest BCUT2D eigenvalue weighted by molar-refractivity contribution is 5.81. The van der Waals surface area contributed by atoms with Gasteiger partial charge in [-0.3, -0.25) is 15.0 Å². The van der Waals surface area contributed by atoms with E-state index in [-0.39, 0.29) is 19.3 Å². The van der Waals surface area contributed by atoms with Gasteiger partial charge in [-0.2, -0.15) is 0 Å². The van der Waals surface area contributed by atoms with Gasteiger partial charge in [-0.25, -0.2) is 8.78 Å². The lowest BCUT2D eigenvalue weighted by Crippen LogP contribution is -2.60. The number of alkyl halides is 2. The minimum absolute atomic E-state index is 0.00663. The first-order valence-corrected chi connectivity index (χ1v) is 8.28. The molecule has 25 heavy (non-hydrogen) atoms. The van der Waals surface area contributed by atoms with Gasteiger partial charge in [0.2, 0.25) is 0 Å². The predicted molar refractivity (Wildman–Crippen MR) is 84.8 cm³/mol. The lowest BCUT2D eigenvalue weighted by molar-refractivity contribution is -0.254. The number of benzene rings is 1. The molecule has 2 atom stereocenters. The van der Waals surface area contributed by atoms with E-state index in [0.29, 0.717) is 19.6 Å². The van der Waals surface area contributed by atoms with Crippen LogP contribution in [0.5, 0.6) is 0 Å². The Bertz CT molecular complexity index is 581. The molecule has 1 amide bonds. The summed E-state index contributed by atoms with van der Waals surface area (Å²) in [6.07, 6.45) is -4.04. The molecule has 138 valence electrons. The molecule has 0 aliphatic carbocycles. The smallest absolute Gasteiger partial charge is 0.315 e. The van der Waals surface area contributed by atoms with Crippen LogP contribution in [-0.4, -0.2) is 61.7 Å². The van der Waals surface area contributed by atoms with Crippen LogP contribution < -0.4 is 5.32 Å². The topological polar surface area (TPSA) is 60.0 Å². The summed E-state index contributed by atoms with van der Waals surface area (Å²) in [5.41, 5.74) is 1.11. The summed E-state index contributed by atoms with van der Waals surface area (Å²) in [5.74, 6) is -3.03. The lowest BCUT2D eigenvalue weighted by Gasteiger charge is -2.37. The third-order valence-corrected chi connectivity index (χ3v) is 4.18. The predicted octanol–water partition coefficient (Wildman–Crippen LogP) is 1.36. The number of amides is 1. The zero-order chi connectivity index (χ0) is 17.9. The summed E-state index contributed by atoms with van der Waals surface area (Å²) in [6.45, 7) is 3.49. The second-order valence-electron chi connectivity index (χ2n) is 6.27. The molecule has 2 saturated heterocycles. The number of hydrogen-bond acceptors (Lipinski definition) is 5. The highest BCUT2D eigenvalue weighted by Gasteiger charge is 2.49. The molecule has 0 saturated carbocycles. The molecule has 0 aromatic heterocycles. The first-order chi connectivity index (χ1) is 12.0. The van der Waals surface area contributed by atoms with Gasteiger partial charge in [0.1, 0.15) is 6.10 Å². The fourth-order valence-corrected chi connectivity index (χ4v) is 3.09. The average molecular weight is 356 g/mol. The number of carbonyl (C=O) groups excluding carboxylic acids is 1. The van der Waals surface area contributed by atoms with Crippen molar-refractivity contribution in [3.8, 4) is 0 Å². The second kappa shape index (κ2) is 7.74. The Balaban J connectivity index is 1.63. The van der Waals surface area contributed by atoms with Gasteiger partial charge >= 0.3 is 12.3 Å². The van der Waals surface area contributed by atoms with Crippen molar-refractivity contribution in [2.75, 3.05) is 26.3 Å². The van der Waals surface area contributed by atoms with Crippen LogP contribution in [0.15, 0.2) is 30.3 Å². The first kappa shape index (κ1) is 18.2. The summed E-state index contributed by atoms with van der Waals surface area (Å²) in [6, 6.07) is 9.84. The van der Waals surface area contributed by atoms with Crippen molar-refractivity contribution >= 4 is 5.91 Å². The van der Waals surface area contributed by atoms with E-state index in [2.05, 4.69) is 10.2 Å². The Labute approximate surface area is 145 Å². The highest BCUT2D eigenvalue weighted by atomic mass is 19.3. The Hall–Kier alpha value is -1.61. The molecule has 6 nitrogen and oxygen atoms in total. The molecular weight excluding hydrogens is 334 g/mol. The number of morpholine rings is 1. The summed E-state index contributed by atoms with van der Waals surface area (Å²) in [5, 5.41) is 2.18. The van der Waals surface area contributed by atoms with Gasteiger partial charge in [0.25, 0.3) is 5.91 Å². The van der Waals surface area contributed by atoms with Crippen molar-refractivity contribution in [1.29, 1.82) is 0 Å². The fraction of sp³-hybridized carbons (Fsp3) is 0.588. The molecule has 2 fully saturated rings. The molecule has 0 unspecified atom stereocenters. The van der Waals surface area contributed by atoms with E-state index in [1.165, 1.54) is 0 Å². The summed E-state index contributed by atoms with van der Waals surface area (Å²) in [4.78, 5) is 14.5. The first-order valence-electron chi connectivity index (χ1n) is 8.28. The van der Waals surface area contributed by atoms with Crippen molar-refractivity contribution in [1.82, 2.24) is 10.2 Å². The molecule has 1 N–H and O–H groups in total. The molecule has 1 aromatic carbocycles. The number of halogens is 2.